The van der Waals surface area contributed by atoms with E-state index in [2.05, 4.69) is 15.5 Å². The maximum atomic E-state index is 5.79. The molecule has 106 valence electrons. The molecule has 0 bridgehead atoms. The van der Waals surface area contributed by atoms with Crippen LogP contribution in [0.15, 0.2) is 18.2 Å². The summed E-state index contributed by atoms with van der Waals surface area (Å²) < 4.78 is 7.31. The van der Waals surface area contributed by atoms with Crippen LogP contribution in [-0.2, 0) is 11.3 Å². The second kappa shape index (κ2) is 5.46. The highest BCUT2D eigenvalue weighted by molar-refractivity contribution is 5.67. The van der Waals surface area contributed by atoms with Crippen LogP contribution in [-0.4, -0.2) is 33.4 Å². The summed E-state index contributed by atoms with van der Waals surface area (Å²) in [5.41, 5.74) is 13.6. The smallest absolute Gasteiger partial charge is 0.182 e. The van der Waals surface area contributed by atoms with E-state index in [1.165, 1.54) is 12.8 Å². The lowest BCUT2D eigenvalue weighted by Crippen LogP contribution is -2.10. The van der Waals surface area contributed by atoms with Gasteiger partial charge in [0.15, 0.2) is 5.82 Å². The molecule has 7 heteroatoms. The summed E-state index contributed by atoms with van der Waals surface area (Å²) in [6.07, 6.45) is 2.58. The van der Waals surface area contributed by atoms with Crippen LogP contribution in [0.4, 0.5) is 11.4 Å². The van der Waals surface area contributed by atoms with E-state index in [0.29, 0.717) is 30.4 Å². The number of hydrogen-bond acceptors (Lipinski definition) is 6. The summed E-state index contributed by atoms with van der Waals surface area (Å²) in [5.74, 6) is 1.41. The van der Waals surface area contributed by atoms with Crippen molar-refractivity contribution in [2.45, 2.75) is 19.4 Å². The average Bonchev–Trinajstić information content (AvgIpc) is 3.10. The van der Waals surface area contributed by atoms with E-state index < -0.39 is 0 Å². The minimum atomic E-state index is 0.597. The normalized spacial score (nSPS) is 14.6. The Labute approximate surface area is 116 Å². The topological polar surface area (TPSA) is 105 Å². The standard InChI is InChI=1S/C13H18N6O/c14-11-5-10(6-12(15)7-11)13-16-17-18-19(13)3-4-20-8-9-1-2-9/h5-7,9H,1-4,8,14-15H2. The van der Waals surface area contributed by atoms with E-state index in [0.717, 1.165) is 18.1 Å². The maximum Gasteiger partial charge on any atom is 0.182 e. The molecule has 1 aliphatic carbocycles. The van der Waals surface area contributed by atoms with Crippen molar-refractivity contribution >= 4 is 11.4 Å². The molecule has 1 aliphatic rings. The summed E-state index contributed by atoms with van der Waals surface area (Å²) in [7, 11) is 0. The fourth-order valence-corrected chi connectivity index (χ4v) is 2.05. The van der Waals surface area contributed by atoms with Gasteiger partial charge in [0.2, 0.25) is 0 Å². The number of hydrogen-bond donors (Lipinski definition) is 2. The van der Waals surface area contributed by atoms with E-state index in [9.17, 15) is 0 Å². The molecular formula is C13H18N6O. The molecule has 0 saturated heterocycles. The summed E-state index contributed by atoms with van der Waals surface area (Å²) in [5, 5.41) is 11.7. The fraction of sp³-hybridized carbons (Fsp3) is 0.462. The Kier molecular flexibility index (Phi) is 3.51. The summed E-state index contributed by atoms with van der Waals surface area (Å²) >= 11 is 0. The molecule has 1 aromatic heterocycles. The van der Waals surface area contributed by atoms with Crippen molar-refractivity contribution < 1.29 is 4.74 Å². The molecule has 0 amide bonds. The molecule has 4 N–H and O–H groups in total. The molecule has 1 aromatic carbocycles. The summed E-state index contributed by atoms with van der Waals surface area (Å²) in [6.45, 7) is 2.05. The molecule has 0 spiro atoms. The molecule has 1 fully saturated rings. The lowest BCUT2D eigenvalue weighted by molar-refractivity contribution is 0.114. The summed E-state index contributed by atoms with van der Waals surface area (Å²) in [4.78, 5) is 0. The minimum absolute atomic E-state index is 0.597. The number of nitrogens with two attached hydrogens (primary N) is 2. The van der Waals surface area contributed by atoms with Crippen LogP contribution in [0.3, 0.4) is 0 Å². The first-order valence-electron chi connectivity index (χ1n) is 6.72. The zero-order chi connectivity index (χ0) is 13.9. The van der Waals surface area contributed by atoms with Gasteiger partial charge in [0, 0.05) is 23.5 Å². The third kappa shape index (κ3) is 3.05. The van der Waals surface area contributed by atoms with Crippen LogP contribution in [0.5, 0.6) is 0 Å². The first-order chi connectivity index (χ1) is 9.72. The van der Waals surface area contributed by atoms with E-state index in [1.807, 2.05) is 12.1 Å². The zero-order valence-corrected chi connectivity index (χ0v) is 11.2. The Bertz CT molecular complexity index is 572. The van der Waals surface area contributed by atoms with Crippen molar-refractivity contribution in [1.29, 1.82) is 0 Å². The molecule has 0 atom stereocenters. The Morgan fingerprint density at radius 1 is 1.20 bits per heavy atom. The Balaban J connectivity index is 1.68. The van der Waals surface area contributed by atoms with Crippen LogP contribution in [0.1, 0.15) is 12.8 Å². The third-order valence-corrected chi connectivity index (χ3v) is 3.27. The number of benzene rings is 1. The third-order valence-electron chi connectivity index (χ3n) is 3.27. The van der Waals surface area contributed by atoms with Gasteiger partial charge in [-0.25, -0.2) is 4.68 Å². The molecule has 20 heavy (non-hydrogen) atoms. The number of nitrogens with zero attached hydrogens (tertiary/aromatic N) is 4. The fourth-order valence-electron chi connectivity index (χ4n) is 2.05. The van der Waals surface area contributed by atoms with E-state index in [4.69, 9.17) is 16.2 Å². The molecule has 0 unspecified atom stereocenters. The van der Waals surface area contributed by atoms with E-state index in [-0.39, 0.29) is 0 Å². The maximum absolute atomic E-state index is 5.79. The number of ether oxygens (including phenoxy) is 1. The average molecular weight is 274 g/mol. The van der Waals surface area contributed by atoms with Crippen LogP contribution >= 0.6 is 0 Å². The predicted molar refractivity (Wildman–Crippen MR) is 75.6 cm³/mol. The molecule has 0 radical (unpaired) electrons. The van der Waals surface area contributed by atoms with Crippen molar-refractivity contribution in [3.05, 3.63) is 18.2 Å². The van der Waals surface area contributed by atoms with Gasteiger partial charge in [-0.1, -0.05) is 0 Å². The van der Waals surface area contributed by atoms with Crippen LogP contribution < -0.4 is 11.5 Å². The number of tetrazole rings is 1. The van der Waals surface area contributed by atoms with Crippen molar-refractivity contribution in [1.82, 2.24) is 20.2 Å². The van der Waals surface area contributed by atoms with Crippen molar-refractivity contribution in [2.24, 2.45) is 5.92 Å². The highest BCUT2D eigenvalue weighted by Crippen LogP contribution is 2.28. The molecule has 0 aliphatic heterocycles. The van der Waals surface area contributed by atoms with E-state index >= 15 is 0 Å². The zero-order valence-electron chi connectivity index (χ0n) is 11.2. The molecule has 7 nitrogen and oxygen atoms in total. The van der Waals surface area contributed by atoms with E-state index in [1.54, 1.807) is 10.7 Å². The molecule has 3 rings (SSSR count). The second-order valence-electron chi connectivity index (χ2n) is 5.13. The highest BCUT2D eigenvalue weighted by atomic mass is 16.5. The van der Waals surface area contributed by atoms with Crippen molar-refractivity contribution in [3.63, 3.8) is 0 Å². The van der Waals surface area contributed by atoms with Gasteiger partial charge in [-0.05, 0) is 47.4 Å². The minimum Gasteiger partial charge on any atom is -0.399 e. The van der Waals surface area contributed by atoms with Crippen LogP contribution in [0.2, 0.25) is 0 Å². The lowest BCUT2D eigenvalue weighted by atomic mass is 10.1. The number of aromatic nitrogens is 4. The van der Waals surface area contributed by atoms with Gasteiger partial charge in [-0.2, -0.15) is 0 Å². The molecule has 2 aromatic rings. The Morgan fingerprint density at radius 3 is 2.65 bits per heavy atom. The first kappa shape index (κ1) is 12.9. The van der Waals surface area contributed by atoms with Gasteiger partial charge < -0.3 is 16.2 Å². The molecule has 1 heterocycles. The van der Waals surface area contributed by atoms with Gasteiger partial charge in [-0.15, -0.1) is 5.10 Å². The predicted octanol–water partition coefficient (Wildman–Crippen LogP) is 0.931. The van der Waals surface area contributed by atoms with Gasteiger partial charge in [0.25, 0.3) is 0 Å². The van der Waals surface area contributed by atoms with Gasteiger partial charge in [0.05, 0.1) is 13.2 Å². The Morgan fingerprint density at radius 2 is 1.95 bits per heavy atom. The number of nitrogen functional groups attached to an aromatic ring is 2. The Hall–Kier alpha value is -2.15. The SMILES string of the molecule is Nc1cc(N)cc(-c2nnnn2CCOCC2CC2)c1. The van der Waals surface area contributed by atoms with Gasteiger partial charge >= 0.3 is 0 Å². The largest absolute Gasteiger partial charge is 0.399 e. The van der Waals surface area contributed by atoms with Crippen molar-refractivity contribution in [2.75, 3.05) is 24.7 Å². The first-order valence-corrected chi connectivity index (χ1v) is 6.72. The molecule has 1 saturated carbocycles. The summed E-state index contributed by atoms with van der Waals surface area (Å²) in [6, 6.07) is 5.32. The second-order valence-corrected chi connectivity index (χ2v) is 5.13. The van der Waals surface area contributed by atoms with Gasteiger partial charge in [-0.3, -0.25) is 0 Å². The van der Waals surface area contributed by atoms with Crippen LogP contribution in [0, 0.1) is 5.92 Å². The monoisotopic (exact) mass is 274 g/mol. The lowest BCUT2D eigenvalue weighted by Gasteiger charge is -2.07. The van der Waals surface area contributed by atoms with Crippen molar-refractivity contribution in [3.8, 4) is 11.4 Å². The van der Waals surface area contributed by atoms with Gasteiger partial charge in [0.1, 0.15) is 0 Å². The van der Waals surface area contributed by atoms with Crippen LogP contribution in [0.25, 0.3) is 11.4 Å². The molecular weight excluding hydrogens is 256 g/mol. The number of anilines is 2. The quantitative estimate of drug-likeness (QED) is 0.599. The number of rotatable bonds is 6. The highest BCUT2D eigenvalue weighted by Gasteiger charge is 2.21.